The minimum absolute atomic E-state index is 0.194. The number of nitrogens with zero attached hydrogens (tertiary/aromatic N) is 2. The molecule has 3 rings (SSSR count). The van der Waals surface area contributed by atoms with Gasteiger partial charge < -0.3 is 15.7 Å². The van der Waals surface area contributed by atoms with Crippen LogP contribution in [0, 0.1) is 0 Å². The van der Waals surface area contributed by atoms with Crippen molar-refractivity contribution < 1.29 is 9.90 Å². The minimum Gasteiger partial charge on any atom is -0.478 e. The van der Waals surface area contributed by atoms with E-state index < -0.39 is 5.97 Å². The fourth-order valence-corrected chi connectivity index (χ4v) is 2.39. The maximum absolute atomic E-state index is 11.3. The molecule has 3 N–H and O–H groups in total. The molecule has 0 fully saturated rings. The van der Waals surface area contributed by atoms with E-state index in [1.807, 2.05) is 18.2 Å². The van der Waals surface area contributed by atoms with Crippen LogP contribution in [0.5, 0.6) is 0 Å². The summed E-state index contributed by atoms with van der Waals surface area (Å²) in [4.78, 5) is 19.8. The van der Waals surface area contributed by atoms with E-state index in [9.17, 15) is 9.90 Å². The first-order chi connectivity index (χ1) is 12.2. The van der Waals surface area contributed by atoms with Crippen LogP contribution in [0.4, 0.5) is 17.5 Å². The van der Waals surface area contributed by atoms with Crippen molar-refractivity contribution in [3.8, 4) is 0 Å². The summed E-state index contributed by atoms with van der Waals surface area (Å²) in [6.45, 7) is 0.708. The van der Waals surface area contributed by atoms with E-state index in [-0.39, 0.29) is 5.56 Å². The third kappa shape index (κ3) is 4.54. The number of carboxylic acids is 1. The van der Waals surface area contributed by atoms with Gasteiger partial charge >= 0.3 is 5.97 Å². The Morgan fingerprint density at radius 3 is 2.56 bits per heavy atom. The first-order valence-electron chi connectivity index (χ1n) is 7.92. The summed E-state index contributed by atoms with van der Waals surface area (Å²) in [7, 11) is 0. The van der Waals surface area contributed by atoms with E-state index >= 15 is 0 Å². The number of benzene rings is 2. The average molecular weight is 334 g/mol. The molecule has 0 spiro atoms. The van der Waals surface area contributed by atoms with Gasteiger partial charge in [-0.15, -0.1) is 0 Å². The molecule has 25 heavy (non-hydrogen) atoms. The predicted octanol–water partition coefficient (Wildman–Crippen LogP) is 3.57. The molecule has 6 nitrogen and oxygen atoms in total. The van der Waals surface area contributed by atoms with Gasteiger partial charge in [-0.25, -0.2) is 9.78 Å². The fourth-order valence-electron chi connectivity index (χ4n) is 2.39. The first kappa shape index (κ1) is 16.4. The van der Waals surface area contributed by atoms with Crippen molar-refractivity contribution in [2.75, 3.05) is 17.2 Å². The molecule has 0 aliphatic carbocycles. The zero-order valence-corrected chi connectivity index (χ0v) is 13.5. The van der Waals surface area contributed by atoms with Crippen LogP contribution in [-0.4, -0.2) is 27.6 Å². The van der Waals surface area contributed by atoms with Crippen molar-refractivity contribution in [1.29, 1.82) is 0 Å². The Balaban J connectivity index is 1.65. The molecule has 6 heteroatoms. The summed E-state index contributed by atoms with van der Waals surface area (Å²) in [5, 5.41) is 15.4. The zero-order chi connectivity index (χ0) is 17.5. The number of carbonyl (C=O) groups is 1. The number of carboxylic acid groups (broad SMARTS) is 1. The SMILES string of the molecule is O=C(O)c1ccccc1Nc1ccnc(NCCc2ccccc2)n1. The van der Waals surface area contributed by atoms with Gasteiger partial charge in [-0.1, -0.05) is 42.5 Å². The smallest absolute Gasteiger partial charge is 0.337 e. The lowest BCUT2D eigenvalue weighted by Gasteiger charge is -2.10. The van der Waals surface area contributed by atoms with Gasteiger partial charge in [0.1, 0.15) is 5.82 Å². The molecule has 0 aliphatic heterocycles. The maximum atomic E-state index is 11.3. The fraction of sp³-hybridized carbons (Fsp3) is 0.105. The normalized spacial score (nSPS) is 10.2. The highest BCUT2D eigenvalue weighted by Crippen LogP contribution is 2.20. The number of para-hydroxylation sites is 1. The number of hydrogen-bond donors (Lipinski definition) is 3. The maximum Gasteiger partial charge on any atom is 0.337 e. The second kappa shape index (κ2) is 7.92. The first-order valence-corrected chi connectivity index (χ1v) is 7.92. The van der Waals surface area contributed by atoms with Crippen molar-refractivity contribution in [2.45, 2.75) is 6.42 Å². The third-order valence-corrected chi connectivity index (χ3v) is 3.62. The lowest BCUT2D eigenvalue weighted by molar-refractivity contribution is 0.0698. The third-order valence-electron chi connectivity index (χ3n) is 3.62. The molecule has 0 unspecified atom stereocenters. The number of rotatable bonds is 7. The van der Waals surface area contributed by atoms with Crippen molar-refractivity contribution in [3.05, 3.63) is 78.0 Å². The van der Waals surface area contributed by atoms with Gasteiger partial charge in [0.2, 0.25) is 5.95 Å². The summed E-state index contributed by atoms with van der Waals surface area (Å²) in [5.41, 5.74) is 1.92. The second-order valence-electron chi connectivity index (χ2n) is 5.40. The van der Waals surface area contributed by atoms with Crippen LogP contribution >= 0.6 is 0 Å². The molecule has 0 radical (unpaired) electrons. The van der Waals surface area contributed by atoms with E-state index in [0.29, 0.717) is 24.0 Å². The van der Waals surface area contributed by atoms with Gasteiger partial charge in [-0.3, -0.25) is 0 Å². The molecule has 1 aromatic heterocycles. The van der Waals surface area contributed by atoms with E-state index in [0.717, 1.165) is 6.42 Å². The molecule has 0 bridgehead atoms. The van der Waals surface area contributed by atoms with Crippen molar-refractivity contribution >= 4 is 23.4 Å². The summed E-state index contributed by atoms with van der Waals surface area (Å²) in [5.74, 6) is 0.0398. The molecule has 0 saturated carbocycles. The van der Waals surface area contributed by atoms with E-state index in [4.69, 9.17) is 0 Å². The van der Waals surface area contributed by atoms with Gasteiger partial charge in [-0.05, 0) is 30.2 Å². The Morgan fingerprint density at radius 1 is 1.00 bits per heavy atom. The van der Waals surface area contributed by atoms with E-state index in [2.05, 4.69) is 32.7 Å². The van der Waals surface area contributed by atoms with Gasteiger partial charge in [0.05, 0.1) is 11.3 Å². The summed E-state index contributed by atoms with van der Waals surface area (Å²) >= 11 is 0. The quantitative estimate of drug-likeness (QED) is 0.612. The van der Waals surface area contributed by atoms with Gasteiger partial charge in [0, 0.05) is 12.7 Å². The molecule has 2 aromatic carbocycles. The largest absolute Gasteiger partial charge is 0.478 e. The topological polar surface area (TPSA) is 87.1 Å². The van der Waals surface area contributed by atoms with Gasteiger partial charge in [0.15, 0.2) is 0 Å². The Kier molecular flexibility index (Phi) is 5.21. The van der Waals surface area contributed by atoms with Gasteiger partial charge in [-0.2, -0.15) is 4.98 Å². The Labute approximate surface area is 145 Å². The van der Waals surface area contributed by atoms with Crippen LogP contribution in [0.3, 0.4) is 0 Å². The Bertz CT molecular complexity index is 853. The van der Waals surface area contributed by atoms with Crippen LogP contribution in [0.15, 0.2) is 66.9 Å². The molecule has 126 valence electrons. The molecular formula is C19H18N4O2. The molecule has 0 saturated heterocycles. The number of aromatic nitrogens is 2. The van der Waals surface area contributed by atoms with Crippen molar-refractivity contribution in [1.82, 2.24) is 9.97 Å². The summed E-state index contributed by atoms with van der Waals surface area (Å²) in [6.07, 6.45) is 2.49. The molecular weight excluding hydrogens is 316 g/mol. The second-order valence-corrected chi connectivity index (χ2v) is 5.40. The highest BCUT2D eigenvalue weighted by atomic mass is 16.4. The van der Waals surface area contributed by atoms with Gasteiger partial charge in [0.25, 0.3) is 0 Å². The summed E-state index contributed by atoms with van der Waals surface area (Å²) in [6, 6.07) is 18.6. The number of hydrogen-bond acceptors (Lipinski definition) is 5. The van der Waals surface area contributed by atoms with Crippen molar-refractivity contribution in [2.24, 2.45) is 0 Å². The van der Waals surface area contributed by atoms with E-state index in [1.54, 1.807) is 36.5 Å². The molecule has 1 heterocycles. The number of aromatic carboxylic acids is 1. The highest BCUT2D eigenvalue weighted by Gasteiger charge is 2.09. The molecule has 3 aromatic rings. The van der Waals surface area contributed by atoms with Crippen LogP contribution in [0.2, 0.25) is 0 Å². The molecule has 0 atom stereocenters. The molecule has 0 aliphatic rings. The van der Waals surface area contributed by atoms with Crippen LogP contribution < -0.4 is 10.6 Å². The Hall–Kier alpha value is -3.41. The molecule has 0 amide bonds. The standard InChI is InChI=1S/C19H18N4O2/c24-18(25)15-8-4-5-9-16(15)22-17-11-13-21-19(23-17)20-12-10-14-6-2-1-3-7-14/h1-9,11,13H,10,12H2,(H,24,25)(H2,20,21,22,23). The lowest BCUT2D eigenvalue weighted by Crippen LogP contribution is -2.09. The lowest BCUT2D eigenvalue weighted by atomic mass is 10.1. The number of anilines is 3. The Morgan fingerprint density at radius 2 is 1.76 bits per heavy atom. The zero-order valence-electron chi connectivity index (χ0n) is 13.5. The predicted molar refractivity (Wildman–Crippen MR) is 97.4 cm³/mol. The monoisotopic (exact) mass is 334 g/mol. The van der Waals surface area contributed by atoms with Crippen molar-refractivity contribution in [3.63, 3.8) is 0 Å². The highest BCUT2D eigenvalue weighted by molar-refractivity contribution is 5.94. The average Bonchev–Trinajstić information content (AvgIpc) is 2.63. The number of nitrogens with one attached hydrogen (secondary N) is 2. The van der Waals surface area contributed by atoms with E-state index in [1.165, 1.54) is 5.56 Å². The van der Waals surface area contributed by atoms with Crippen LogP contribution in [-0.2, 0) is 6.42 Å². The summed E-state index contributed by atoms with van der Waals surface area (Å²) < 4.78 is 0. The minimum atomic E-state index is -0.988. The van der Waals surface area contributed by atoms with Crippen LogP contribution in [0.25, 0.3) is 0 Å². The van der Waals surface area contributed by atoms with Crippen LogP contribution in [0.1, 0.15) is 15.9 Å².